The Labute approximate surface area is 95.2 Å². The predicted molar refractivity (Wildman–Crippen MR) is 60.1 cm³/mol. The standard InChI is InChI=1S/C12H16N2O2/c1-9-10(2)16-8-7-14(9)12(15)11-3-5-13-6-4-11/h3-6,9-10H,7-8H2,1-2H3. The Morgan fingerprint density at radius 2 is 2.12 bits per heavy atom. The lowest BCUT2D eigenvalue weighted by atomic mass is 10.1. The van der Waals surface area contributed by atoms with E-state index in [1.807, 2.05) is 18.7 Å². The van der Waals surface area contributed by atoms with E-state index in [9.17, 15) is 4.79 Å². The van der Waals surface area contributed by atoms with Crippen LogP contribution in [0.5, 0.6) is 0 Å². The maximum Gasteiger partial charge on any atom is 0.254 e. The van der Waals surface area contributed by atoms with Crippen molar-refractivity contribution < 1.29 is 9.53 Å². The van der Waals surface area contributed by atoms with E-state index in [4.69, 9.17) is 4.74 Å². The van der Waals surface area contributed by atoms with Crippen LogP contribution in [0.4, 0.5) is 0 Å². The van der Waals surface area contributed by atoms with Gasteiger partial charge in [0.25, 0.3) is 5.91 Å². The number of aromatic nitrogens is 1. The molecule has 0 bridgehead atoms. The van der Waals surface area contributed by atoms with Gasteiger partial charge >= 0.3 is 0 Å². The molecule has 1 aromatic rings. The summed E-state index contributed by atoms with van der Waals surface area (Å²) in [7, 11) is 0. The van der Waals surface area contributed by atoms with Crippen molar-refractivity contribution in [3.8, 4) is 0 Å². The molecule has 1 aliphatic rings. The van der Waals surface area contributed by atoms with Gasteiger partial charge < -0.3 is 9.64 Å². The van der Waals surface area contributed by atoms with Gasteiger partial charge in [0.15, 0.2) is 0 Å². The molecule has 0 N–H and O–H groups in total. The molecule has 0 aromatic carbocycles. The third kappa shape index (κ3) is 2.07. The Morgan fingerprint density at radius 3 is 2.81 bits per heavy atom. The molecule has 2 atom stereocenters. The van der Waals surface area contributed by atoms with Gasteiger partial charge in [0.1, 0.15) is 0 Å². The summed E-state index contributed by atoms with van der Waals surface area (Å²) in [5, 5.41) is 0. The molecule has 16 heavy (non-hydrogen) atoms. The second-order valence-electron chi connectivity index (χ2n) is 4.05. The number of hydrogen-bond acceptors (Lipinski definition) is 3. The highest BCUT2D eigenvalue weighted by Crippen LogP contribution is 2.16. The summed E-state index contributed by atoms with van der Waals surface area (Å²) in [6.07, 6.45) is 3.38. The van der Waals surface area contributed by atoms with Gasteiger partial charge in [0, 0.05) is 24.5 Å². The zero-order valence-corrected chi connectivity index (χ0v) is 9.59. The van der Waals surface area contributed by atoms with Crippen molar-refractivity contribution in [1.82, 2.24) is 9.88 Å². The highest BCUT2D eigenvalue weighted by atomic mass is 16.5. The maximum absolute atomic E-state index is 12.2. The Balaban J connectivity index is 2.15. The summed E-state index contributed by atoms with van der Waals surface area (Å²) in [4.78, 5) is 18.0. The van der Waals surface area contributed by atoms with Gasteiger partial charge in [-0.1, -0.05) is 0 Å². The highest BCUT2D eigenvalue weighted by molar-refractivity contribution is 5.94. The van der Waals surface area contributed by atoms with Gasteiger partial charge in [-0.05, 0) is 26.0 Å². The molecular weight excluding hydrogens is 204 g/mol. The van der Waals surface area contributed by atoms with E-state index < -0.39 is 0 Å². The molecule has 4 heteroatoms. The third-order valence-electron chi connectivity index (χ3n) is 3.07. The number of nitrogens with zero attached hydrogens (tertiary/aromatic N) is 2. The largest absolute Gasteiger partial charge is 0.375 e. The fourth-order valence-electron chi connectivity index (χ4n) is 1.88. The van der Waals surface area contributed by atoms with Gasteiger partial charge in [-0.3, -0.25) is 9.78 Å². The number of ether oxygens (including phenoxy) is 1. The smallest absolute Gasteiger partial charge is 0.254 e. The van der Waals surface area contributed by atoms with Crippen molar-refractivity contribution in [1.29, 1.82) is 0 Å². The Kier molecular flexibility index (Phi) is 3.19. The first-order chi connectivity index (χ1) is 7.70. The Hall–Kier alpha value is -1.42. The van der Waals surface area contributed by atoms with Crippen molar-refractivity contribution in [2.45, 2.75) is 26.0 Å². The molecule has 1 amide bonds. The van der Waals surface area contributed by atoms with Crippen LogP contribution in [0.2, 0.25) is 0 Å². The normalized spacial score (nSPS) is 25.5. The number of rotatable bonds is 1. The second-order valence-corrected chi connectivity index (χ2v) is 4.05. The van der Waals surface area contributed by atoms with Crippen LogP contribution >= 0.6 is 0 Å². The third-order valence-corrected chi connectivity index (χ3v) is 3.07. The predicted octanol–water partition coefficient (Wildman–Crippen LogP) is 1.33. The number of hydrogen-bond donors (Lipinski definition) is 0. The lowest BCUT2D eigenvalue weighted by Crippen LogP contribution is -2.51. The molecule has 2 unspecified atom stereocenters. The molecule has 1 aliphatic heterocycles. The number of carbonyl (C=O) groups is 1. The summed E-state index contributed by atoms with van der Waals surface area (Å²) < 4.78 is 5.50. The quantitative estimate of drug-likeness (QED) is 0.717. The average Bonchev–Trinajstić information content (AvgIpc) is 2.33. The van der Waals surface area contributed by atoms with E-state index in [1.165, 1.54) is 0 Å². The van der Waals surface area contributed by atoms with Crippen LogP contribution < -0.4 is 0 Å². The van der Waals surface area contributed by atoms with Crippen LogP contribution in [0.1, 0.15) is 24.2 Å². The van der Waals surface area contributed by atoms with E-state index in [0.29, 0.717) is 18.7 Å². The molecule has 1 aromatic heterocycles. The first-order valence-electron chi connectivity index (χ1n) is 5.52. The molecule has 86 valence electrons. The summed E-state index contributed by atoms with van der Waals surface area (Å²) >= 11 is 0. The molecule has 4 nitrogen and oxygen atoms in total. The van der Waals surface area contributed by atoms with Gasteiger partial charge in [-0.15, -0.1) is 0 Å². The fraction of sp³-hybridized carbons (Fsp3) is 0.500. The van der Waals surface area contributed by atoms with Crippen molar-refractivity contribution in [3.05, 3.63) is 30.1 Å². The van der Waals surface area contributed by atoms with E-state index in [1.54, 1.807) is 24.5 Å². The molecule has 1 saturated heterocycles. The Morgan fingerprint density at radius 1 is 1.44 bits per heavy atom. The highest BCUT2D eigenvalue weighted by Gasteiger charge is 2.29. The number of amides is 1. The molecule has 0 spiro atoms. The number of morpholine rings is 1. The molecular formula is C12H16N2O2. The minimum Gasteiger partial charge on any atom is -0.375 e. The summed E-state index contributed by atoms with van der Waals surface area (Å²) in [5.41, 5.74) is 0.691. The summed E-state index contributed by atoms with van der Waals surface area (Å²) in [5.74, 6) is 0.0602. The SMILES string of the molecule is CC1OCCN(C(=O)c2ccncc2)C1C. The van der Waals surface area contributed by atoms with Crippen molar-refractivity contribution >= 4 is 5.91 Å². The van der Waals surface area contributed by atoms with Crippen LogP contribution in [-0.4, -0.2) is 41.1 Å². The van der Waals surface area contributed by atoms with Crippen molar-refractivity contribution in [2.24, 2.45) is 0 Å². The first-order valence-corrected chi connectivity index (χ1v) is 5.52. The van der Waals surface area contributed by atoms with E-state index in [2.05, 4.69) is 4.98 Å². The zero-order valence-electron chi connectivity index (χ0n) is 9.59. The number of carbonyl (C=O) groups excluding carboxylic acids is 1. The van der Waals surface area contributed by atoms with Gasteiger partial charge in [-0.25, -0.2) is 0 Å². The van der Waals surface area contributed by atoms with Crippen LogP contribution in [-0.2, 0) is 4.74 Å². The summed E-state index contributed by atoms with van der Waals surface area (Å²) in [6, 6.07) is 3.61. The molecule has 2 rings (SSSR count). The maximum atomic E-state index is 12.2. The first kappa shape index (κ1) is 11.1. The van der Waals surface area contributed by atoms with Crippen molar-refractivity contribution in [2.75, 3.05) is 13.2 Å². The van der Waals surface area contributed by atoms with Crippen molar-refractivity contribution in [3.63, 3.8) is 0 Å². The molecule has 2 heterocycles. The fourth-order valence-corrected chi connectivity index (χ4v) is 1.88. The lowest BCUT2D eigenvalue weighted by molar-refractivity contribution is -0.0440. The second kappa shape index (κ2) is 4.61. The number of pyridine rings is 1. The summed E-state index contributed by atoms with van der Waals surface area (Å²) in [6.45, 7) is 5.29. The average molecular weight is 220 g/mol. The molecule has 0 radical (unpaired) electrons. The van der Waals surface area contributed by atoms with Crippen LogP contribution in [0.25, 0.3) is 0 Å². The van der Waals surface area contributed by atoms with E-state index in [-0.39, 0.29) is 18.1 Å². The minimum atomic E-state index is 0.0602. The van der Waals surface area contributed by atoms with Crippen LogP contribution in [0.3, 0.4) is 0 Å². The van der Waals surface area contributed by atoms with Gasteiger partial charge in [0.05, 0.1) is 18.8 Å². The zero-order chi connectivity index (χ0) is 11.5. The monoisotopic (exact) mass is 220 g/mol. The Bertz CT molecular complexity index is 367. The van der Waals surface area contributed by atoms with Crippen LogP contribution in [0, 0.1) is 0 Å². The molecule has 0 saturated carbocycles. The topological polar surface area (TPSA) is 42.4 Å². The molecule has 1 fully saturated rings. The minimum absolute atomic E-state index is 0.0602. The molecule has 0 aliphatic carbocycles. The van der Waals surface area contributed by atoms with Crippen LogP contribution in [0.15, 0.2) is 24.5 Å². The van der Waals surface area contributed by atoms with E-state index >= 15 is 0 Å². The van der Waals surface area contributed by atoms with E-state index in [0.717, 1.165) is 0 Å². The lowest BCUT2D eigenvalue weighted by Gasteiger charge is -2.37. The van der Waals surface area contributed by atoms with Gasteiger partial charge in [0.2, 0.25) is 0 Å². The van der Waals surface area contributed by atoms with Gasteiger partial charge in [-0.2, -0.15) is 0 Å².